The summed E-state index contributed by atoms with van der Waals surface area (Å²) in [6.07, 6.45) is 3.97. The number of sulfonamides is 1. The van der Waals surface area contributed by atoms with E-state index in [0.29, 0.717) is 11.4 Å². The summed E-state index contributed by atoms with van der Waals surface area (Å²) in [6, 6.07) is 5.58. The van der Waals surface area contributed by atoms with Crippen LogP contribution in [0.1, 0.15) is 31.7 Å². The first kappa shape index (κ1) is 12.9. The molecule has 0 spiro atoms. The van der Waals surface area contributed by atoms with E-state index in [1.807, 2.05) is 19.1 Å². The molecule has 104 valence electrons. The van der Waals surface area contributed by atoms with E-state index in [1.165, 1.54) is 0 Å². The normalized spacial score (nSPS) is 23.9. The first-order valence-electron chi connectivity index (χ1n) is 6.98. The van der Waals surface area contributed by atoms with Gasteiger partial charge in [-0.25, -0.2) is 8.42 Å². The van der Waals surface area contributed by atoms with E-state index in [4.69, 9.17) is 0 Å². The second-order valence-corrected chi connectivity index (χ2v) is 7.35. The van der Waals surface area contributed by atoms with Crippen LogP contribution in [-0.2, 0) is 16.4 Å². The molecule has 1 unspecified atom stereocenters. The van der Waals surface area contributed by atoms with E-state index in [9.17, 15) is 8.42 Å². The maximum absolute atomic E-state index is 12.7. The lowest BCUT2D eigenvalue weighted by molar-refractivity contribution is 0.268. The van der Waals surface area contributed by atoms with Crippen LogP contribution in [0.4, 0.5) is 5.69 Å². The number of benzene rings is 1. The van der Waals surface area contributed by atoms with Crippen molar-refractivity contribution in [3.05, 3.63) is 23.8 Å². The SMILES string of the molecule is CC1CCCCN1S(=O)(=O)c1ccc2c(c1)CCN2. The van der Waals surface area contributed by atoms with Gasteiger partial charge < -0.3 is 5.32 Å². The number of hydrogen-bond donors (Lipinski definition) is 1. The van der Waals surface area contributed by atoms with Gasteiger partial charge in [-0.15, -0.1) is 0 Å². The summed E-state index contributed by atoms with van der Waals surface area (Å²) in [7, 11) is -3.33. The van der Waals surface area contributed by atoms with Crippen LogP contribution < -0.4 is 5.32 Å². The molecule has 1 aromatic carbocycles. The summed E-state index contributed by atoms with van der Waals surface area (Å²) in [5.74, 6) is 0. The molecule has 4 nitrogen and oxygen atoms in total. The zero-order chi connectivity index (χ0) is 13.5. The predicted octanol–water partition coefficient (Wildman–Crippen LogP) is 2.22. The van der Waals surface area contributed by atoms with Gasteiger partial charge in [-0.3, -0.25) is 0 Å². The molecule has 3 rings (SSSR count). The van der Waals surface area contributed by atoms with Crippen molar-refractivity contribution in [2.24, 2.45) is 0 Å². The third kappa shape index (κ3) is 2.25. The monoisotopic (exact) mass is 280 g/mol. The molecule has 1 atom stereocenters. The molecular formula is C14H20N2O2S. The minimum atomic E-state index is -3.33. The third-order valence-electron chi connectivity index (χ3n) is 4.14. The van der Waals surface area contributed by atoms with Crippen LogP contribution in [0.5, 0.6) is 0 Å². The molecule has 0 aromatic heterocycles. The minimum absolute atomic E-state index is 0.116. The van der Waals surface area contributed by atoms with Crippen LogP contribution >= 0.6 is 0 Å². The summed E-state index contributed by atoms with van der Waals surface area (Å²) < 4.78 is 27.1. The van der Waals surface area contributed by atoms with Crippen molar-refractivity contribution < 1.29 is 8.42 Å². The first-order chi connectivity index (χ1) is 9.09. The van der Waals surface area contributed by atoms with Crippen molar-refractivity contribution in [1.82, 2.24) is 4.31 Å². The standard InChI is InChI=1S/C14H20N2O2S/c1-11-4-2-3-9-16(11)19(17,18)13-5-6-14-12(10-13)7-8-15-14/h5-6,10-11,15H,2-4,7-9H2,1H3. The van der Waals surface area contributed by atoms with E-state index in [2.05, 4.69) is 5.32 Å². The van der Waals surface area contributed by atoms with Crippen LogP contribution in [0, 0.1) is 0 Å². The molecule has 0 aliphatic carbocycles. The number of hydrogen-bond acceptors (Lipinski definition) is 3. The zero-order valence-corrected chi connectivity index (χ0v) is 12.0. The van der Waals surface area contributed by atoms with Gasteiger partial charge in [0.2, 0.25) is 10.0 Å². The number of anilines is 1. The number of piperidine rings is 1. The Morgan fingerprint density at radius 2 is 2.16 bits per heavy atom. The van der Waals surface area contributed by atoms with Gasteiger partial charge in [0.15, 0.2) is 0 Å². The van der Waals surface area contributed by atoms with Gasteiger partial charge in [-0.05, 0) is 49.9 Å². The molecule has 2 aliphatic heterocycles. The van der Waals surface area contributed by atoms with Gasteiger partial charge >= 0.3 is 0 Å². The Hall–Kier alpha value is -1.07. The van der Waals surface area contributed by atoms with Crippen molar-refractivity contribution in [1.29, 1.82) is 0 Å². The molecule has 1 aromatic rings. The highest BCUT2D eigenvalue weighted by atomic mass is 32.2. The second kappa shape index (κ2) is 4.80. The van der Waals surface area contributed by atoms with E-state index < -0.39 is 10.0 Å². The van der Waals surface area contributed by atoms with Crippen molar-refractivity contribution in [3.8, 4) is 0 Å². The first-order valence-corrected chi connectivity index (χ1v) is 8.42. The quantitative estimate of drug-likeness (QED) is 0.903. The Kier molecular flexibility index (Phi) is 3.27. The Morgan fingerprint density at radius 1 is 1.32 bits per heavy atom. The lowest BCUT2D eigenvalue weighted by atomic mass is 10.1. The summed E-state index contributed by atoms with van der Waals surface area (Å²) in [5.41, 5.74) is 2.19. The van der Waals surface area contributed by atoms with Gasteiger partial charge in [-0.2, -0.15) is 4.31 Å². The van der Waals surface area contributed by atoms with Gasteiger partial charge in [0.1, 0.15) is 0 Å². The molecule has 19 heavy (non-hydrogen) atoms. The number of nitrogens with zero attached hydrogens (tertiary/aromatic N) is 1. The molecule has 0 amide bonds. The van der Waals surface area contributed by atoms with Gasteiger partial charge in [-0.1, -0.05) is 6.42 Å². The number of fused-ring (bicyclic) bond motifs is 1. The van der Waals surface area contributed by atoms with E-state index in [-0.39, 0.29) is 6.04 Å². The van der Waals surface area contributed by atoms with Crippen molar-refractivity contribution in [2.75, 3.05) is 18.4 Å². The largest absolute Gasteiger partial charge is 0.384 e. The molecule has 0 radical (unpaired) electrons. The molecule has 0 bridgehead atoms. The fourth-order valence-electron chi connectivity index (χ4n) is 3.01. The van der Waals surface area contributed by atoms with E-state index in [1.54, 1.807) is 10.4 Å². The van der Waals surface area contributed by atoms with Gasteiger partial charge in [0.05, 0.1) is 4.90 Å². The fourth-order valence-corrected chi connectivity index (χ4v) is 4.76. The van der Waals surface area contributed by atoms with Crippen LogP contribution in [0.15, 0.2) is 23.1 Å². The summed E-state index contributed by atoms with van der Waals surface area (Å²) in [4.78, 5) is 0.448. The number of rotatable bonds is 2. The summed E-state index contributed by atoms with van der Waals surface area (Å²) >= 11 is 0. The van der Waals surface area contributed by atoms with Crippen LogP contribution in [0.2, 0.25) is 0 Å². The molecule has 1 N–H and O–H groups in total. The maximum Gasteiger partial charge on any atom is 0.243 e. The molecule has 2 heterocycles. The highest BCUT2D eigenvalue weighted by Gasteiger charge is 2.31. The topological polar surface area (TPSA) is 49.4 Å². The van der Waals surface area contributed by atoms with Crippen LogP contribution in [0.25, 0.3) is 0 Å². The Labute approximate surface area is 114 Å². The maximum atomic E-state index is 12.7. The highest BCUT2D eigenvalue weighted by molar-refractivity contribution is 7.89. The molecular weight excluding hydrogens is 260 g/mol. The lowest BCUT2D eigenvalue weighted by Gasteiger charge is -2.32. The lowest BCUT2D eigenvalue weighted by Crippen LogP contribution is -2.41. The Balaban J connectivity index is 1.95. The second-order valence-electron chi connectivity index (χ2n) is 5.46. The van der Waals surface area contributed by atoms with Gasteiger partial charge in [0, 0.05) is 24.8 Å². The summed E-state index contributed by atoms with van der Waals surface area (Å²) in [6.45, 7) is 3.56. The molecule has 1 saturated heterocycles. The fraction of sp³-hybridized carbons (Fsp3) is 0.571. The summed E-state index contributed by atoms with van der Waals surface area (Å²) in [5, 5.41) is 3.26. The van der Waals surface area contributed by atoms with Crippen LogP contribution in [-0.4, -0.2) is 31.9 Å². The van der Waals surface area contributed by atoms with Crippen molar-refractivity contribution in [3.63, 3.8) is 0 Å². The molecule has 0 saturated carbocycles. The van der Waals surface area contributed by atoms with E-state index in [0.717, 1.165) is 43.5 Å². The zero-order valence-electron chi connectivity index (χ0n) is 11.2. The highest BCUT2D eigenvalue weighted by Crippen LogP contribution is 2.29. The number of nitrogens with one attached hydrogen (secondary N) is 1. The van der Waals surface area contributed by atoms with Crippen molar-refractivity contribution in [2.45, 2.75) is 43.5 Å². The molecule has 2 aliphatic rings. The smallest absolute Gasteiger partial charge is 0.243 e. The molecule has 1 fully saturated rings. The average molecular weight is 280 g/mol. The Morgan fingerprint density at radius 3 is 2.95 bits per heavy atom. The van der Waals surface area contributed by atoms with Crippen molar-refractivity contribution >= 4 is 15.7 Å². The third-order valence-corrected chi connectivity index (χ3v) is 6.14. The molecule has 5 heteroatoms. The van der Waals surface area contributed by atoms with Gasteiger partial charge in [0.25, 0.3) is 0 Å². The average Bonchev–Trinajstić information content (AvgIpc) is 2.86. The minimum Gasteiger partial charge on any atom is -0.384 e. The van der Waals surface area contributed by atoms with E-state index >= 15 is 0 Å². The Bertz CT molecular complexity index is 583. The predicted molar refractivity (Wildman–Crippen MR) is 75.8 cm³/mol. The van der Waals surface area contributed by atoms with Crippen LogP contribution in [0.3, 0.4) is 0 Å².